The number of hydrogen-bond donors (Lipinski definition) is 3. The van der Waals surface area contributed by atoms with E-state index >= 15 is 0 Å². The third-order valence-electron chi connectivity index (χ3n) is 3.50. The number of hydrogen-bond acceptors (Lipinski definition) is 2. The normalized spacial score (nSPS) is 29.8. The van der Waals surface area contributed by atoms with Crippen LogP contribution in [-0.4, -0.2) is 30.1 Å². The van der Waals surface area contributed by atoms with Gasteiger partial charge in [-0.25, -0.2) is 0 Å². The molecule has 1 aliphatic rings. The molecule has 0 spiro atoms. The van der Waals surface area contributed by atoms with Crippen molar-refractivity contribution in [1.29, 1.82) is 0 Å². The average Bonchev–Trinajstić information content (AvgIpc) is 2.23. The summed E-state index contributed by atoms with van der Waals surface area (Å²) in [5, 5.41) is 6.95. The first-order valence-corrected chi connectivity index (χ1v) is 7.26. The van der Waals surface area contributed by atoms with Gasteiger partial charge in [-0.1, -0.05) is 6.92 Å². The molecule has 0 aliphatic heterocycles. The predicted molar refractivity (Wildman–Crippen MR) is 78.8 cm³/mol. The topological polar surface area (TPSA) is 62.4 Å². The smallest absolute Gasteiger partial charge is 0.191 e. The maximum Gasteiger partial charge on any atom is 0.191 e. The summed E-state index contributed by atoms with van der Waals surface area (Å²) in [6, 6.07) is 1.45. The van der Waals surface area contributed by atoms with Gasteiger partial charge in [0.25, 0.3) is 0 Å². The number of rotatable bonds is 3. The molecule has 0 bridgehead atoms. The molecule has 18 heavy (non-hydrogen) atoms. The van der Waals surface area contributed by atoms with Crippen LogP contribution in [0.25, 0.3) is 0 Å². The van der Waals surface area contributed by atoms with E-state index < -0.39 is 0 Å². The fourth-order valence-electron chi connectivity index (χ4n) is 2.42. The van der Waals surface area contributed by atoms with Gasteiger partial charge in [-0.3, -0.25) is 4.99 Å². The minimum atomic E-state index is 0.298. The molecule has 1 fully saturated rings. The first kappa shape index (κ1) is 15.3. The van der Waals surface area contributed by atoms with Gasteiger partial charge in [-0.05, 0) is 52.9 Å². The van der Waals surface area contributed by atoms with Gasteiger partial charge in [-0.15, -0.1) is 0 Å². The van der Waals surface area contributed by atoms with Gasteiger partial charge in [-0.2, -0.15) is 0 Å². The third-order valence-corrected chi connectivity index (χ3v) is 3.50. The molecule has 3 unspecified atom stereocenters. The van der Waals surface area contributed by atoms with E-state index in [1.165, 1.54) is 12.8 Å². The lowest BCUT2D eigenvalue weighted by molar-refractivity contribution is 0.267. The number of nitrogens with one attached hydrogen (secondary N) is 2. The summed E-state index contributed by atoms with van der Waals surface area (Å²) >= 11 is 0. The molecule has 0 aromatic heterocycles. The summed E-state index contributed by atoms with van der Waals surface area (Å²) in [5.41, 5.74) is 6.15. The van der Waals surface area contributed by atoms with Crippen LogP contribution < -0.4 is 16.4 Å². The van der Waals surface area contributed by atoms with Crippen molar-refractivity contribution >= 4 is 5.96 Å². The Morgan fingerprint density at radius 3 is 2.44 bits per heavy atom. The summed E-state index contributed by atoms with van der Waals surface area (Å²) in [6.07, 6.45) is 3.54. The van der Waals surface area contributed by atoms with Crippen molar-refractivity contribution in [1.82, 2.24) is 10.6 Å². The zero-order valence-corrected chi connectivity index (χ0v) is 12.5. The van der Waals surface area contributed by atoms with Crippen molar-refractivity contribution in [3.8, 4) is 0 Å². The Morgan fingerprint density at radius 2 is 1.89 bits per heavy atom. The van der Waals surface area contributed by atoms with Crippen molar-refractivity contribution in [2.75, 3.05) is 0 Å². The van der Waals surface area contributed by atoms with Crippen molar-refractivity contribution < 1.29 is 0 Å². The fraction of sp³-hybridized carbons (Fsp3) is 0.929. The van der Waals surface area contributed by atoms with E-state index in [-0.39, 0.29) is 0 Å². The van der Waals surface area contributed by atoms with Gasteiger partial charge in [0, 0.05) is 24.2 Å². The lowest BCUT2D eigenvalue weighted by atomic mass is 9.82. The first-order valence-electron chi connectivity index (χ1n) is 7.26. The standard InChI is InChI=1S/C14H30N4/c1-9(2)16-14(17-10(3)4)18-13-8-6-7-12(15)11(13)5/h9-13H,6-8,15H2,1-5H3,(H2,16,17,18). The van der Waals surface area contributed by atoms with E-state index in [4.69, 9.17) is 5.73 Å². The molecule has 1 saturated carbocycles. The first-order chi connectivity index (χ1) is 8.40. The molecule has 4 N–H and O–H groups in total. The quantitative estimate of drug-likeness (QED) is 0.532. The van der Waals surface area contributed by atoms with Gasteiger partial charge in [0.1, 0.15) is 0 Å². The van der Waals surface area contributed by atoms with Gasteiger partial charge in [0.15, 0.2) is 5.96 Å². The van der Waals surface area contributed by atoms with Crippen LogP contribution >= 0.6 is 0 Å². The van der Waals surface area contributed by atoms with E-state index in [1.54, 1.807) is 0 Å². The molecule has 4 heteroatoms. The van der Waals surface area contributed by atoms with Gasteiger partial charge in [0.05, 0.1) is 0 Å². The Labute approximate surface area is 112 Å². The summed E-state index contributed by atoms with van der Waals surface area (Å²) in [4.78, 5) is 4.62. The average molecular weight is 254 g/mol. The molecule has 0 heterocycles. The zero-order chi connectivity index (χ0) is 13.7. The molecule has 3 atom stereocenters. The maximum absolute atomic E-state index is 6.15. The highest BCUT2D eigenvalue weighted by Gasteiger charge is 2.28. The number of guanidine groups is 1. The molecule has 0 aromatic carbocycles. The van der Waals surface area contributed by atoms with E-state index in [1.807, 2.05) is 0 Å². The fourth-order valence-corrected chi connectivity index (χ4v) is 2.42. The Hall–Kier alpha value is -0.770. The van der Waals surface area contributed by atoms with Crippen LogP contribution in [0, 0.1) is 5.92 Å². The maximum atomic E-state index is 6.15. The van der Waals surface area contributed by atoms with Gasteiger partial charge in [0.2, 0.25) is 0 Å². The molecule has 106 valence electrons. The molecular formula is C14H30N4. The minimum absolute atomic E-state index is 0.298. The third kappa shape index (κ3) is 4.84. The molecule has 0 amide bonds. The summed E-state index contributed by atoms with van der Waals surface area (Å²) in [6.45, 7) is 10.7. The highest BCUT2D eigenvalue weighted by atomic mass is 15.2. The SMILES string of the molecule is CC(C)N=C(NC(C)C)NC1CCCC(N)C1C. The molecular weight excluding hydrogens is 224 g/mol. The molecule has 0 saturated heterocycles. The second-order valence-electron chi connectivity index (χ2n) is 6.08. The van der Waals surface area contributed by atoms with Crippen LogP contribution in [0.15, 0.2) is 4.99 Å². The molecule has 0 radical (unpaired) electrons. The minimum Gasteiger partial charge on any atom is -0.354 e. The number of nitrogens with two attached hydrogens (primary N) is 1. The second kappa shape index (κ2) is 6.98. The summed E-state index contributed by atoms with van der Waals surface area (Å²) in [7, 11) is 0. The van der Waals surface area contributed by atoms with Crippen molar-refractivity contribution in [2.24, 2.45) is 16.6 Å². The lowest BCUT2D eigenvalue weighted by Gasteiger charge is -2.35. The Balaban J connectivity index is 2.64. The Kier molecular flexibility index (Phi) is 5.93. The van der Waals surface area contributed by atoms with Crippen molar-refractivity contribution in [2.45, 2.75) is 78.0 Å². The van der Waals surface area contributed by atoms with Crippen LogP contribution in [0.4, 0.5) is 0 Å². The zero-order valence-electron chi connectivity index (χ0n) is 12.5. The molecule has 1 rings (SSSR count). The van der Waals surface area contributed by atoms with Crippen LogP contribution in [0.3, 0.4) is 0 Å². The van der Waals surface area contributed by atoms with E-state index in [0.717, 1.165) is 12.4 Å². The van der Waals surface area contributed by atoms with E-state index in [0.29, 0.717) is 30.1 Å². The van der Waals surface area contributed by atoms with Crippen LogP contribution in [-0.2, 0) is 0 Å². The molecule has 4 nitrogen and oxygen atoms in total. The van der Waals surface area contributed by atoms with Crippen molar-refractivity contribution in [3.63, 3.8) is 0 Å². The van der Waals surface area contributed by atoms with Gasteiger partial charge >= 0.3 is 0 Å². The van der Waals surface area contributed by atoms with Crippen molar-refractivity contribution in [3.05, 3.63) is 0 Å². The summed E-state index contributed by atoms with van der Waals surface area (Å²) in [5.74, 6) is 1.43. The van der Waals surface area contributed by atoms with Crippen LogP contribution in [0.2, 0.25) is 0 Å². The number of aliphatic imine (C=N–C) groups is 1. The lowest BCUT2D eigenvalue weighted by Crippen LogP contribution is -2.53. The second-order valence-corrected chi connectivity index (χ2v) is 6.08. The van der Waals surface area contributed by atoms with Gasteiger partial charge < -0.3 is 16.4 Å². The molecule has 0 aromatic rings. The van der Waals surface area contributed by atoms with E-state index in [2.05, 4.69) is 50.2 Å². The van der Waals surface area contributed by atoms with Crippen LogP contribution in [0.1, 0.15) is 53.9 Å². The Bertz CT molecular complexity index is 273. The number of nitrogens with zero attached hydrogens (tertiary/aromatic N) is 1. The monoisotopic (exact) mass is 254 g/mol. The highest BCUT2D eigenvalue weighted by Crippen LogP contribution is 2.23. The largest absolute Gasteiger partial charge is 0.354 e. The Morgan fingerprint density at radius 1 is 1.22 bits per heavy atom. The van der Waals surface area contributed by atoms with Crippen LogP contribution in [0.5, 0.6) is 0 Å². The summed E-state index contributed by atoms with van der Waals surface area (Å²) < 4.78 is 0. The highest BCUT2D eigenvalue weighted by molar-refractivity contribution is 5.80. The van der Waals surface area contributed by atoms with E-state index in [9.17, 15) is 0 Å². The molecule has 1 aliphatic carbocycles. The predicted octanol–water partition coefficient (Wildman–Crippen LogP) is 1.85.